The van der Waals surface area contributed by atoms with E-state index in [4.69, 9.17) is 4.74 Å². The molecule has 0 saturated carbocycles. The van der Waals surface area contributed by atoms with Crippen molar-refractivity contribution in [3.05, 3.63) is 65.2 Å². The third-order valence-corrected chi connectivity index (χ3v) is 3.30. The van der Waals surface area contributed by atoms with E-state index in [1.165, 1.54) is 18.4 Å². The van der Waals surface area contributed by atoms with Crippen LogP contribution >= 0.6 is 0 Å². The van der Waals surface area contributed by atoms with E-state index in [1.54, 1.807) is 0 Å². The molecular formula is C18H20O2. The maximum atomic E-state index is 12.1. The lowest BCUT2D eigenvalue weighted by Gasteiger charge is -2.07. The van der Waals surface area contributed by atoms with Gasteiger partial charge in [0.15, 0.2) is 0 Å². The van der Waals surface area contributed by atoms with Gasteiger partial charge in [0.25, 0.3) is 0 Å². The van der Waals surface area contributed by atoms with Crippen molar-refractivity contribution in [2.75, 3.05) is 0 Å². The minimum absolute atomic E-state index is 0.304. The monoisotopic (exact) mass is 268 g/mol. The van der Waals surface area contributed by atoms with Crippen LogP contribution in [0.25, 0.3) is 0 Å². The molecule has 2 aromatic rings. The van der Waals surface area contributed by atoms with Gasteiger partial charge in [-0.15, -0.1) is 0 Å². The number of unbranched alkanes of at least 4 members (excludes halogenated alkanes) is 1. The molecule has 0 atom stereocenters. The van der Waals surface area contributed by atoms with Crippen molar-refractivity contribution in [3.8, 4) is 5.75 Å². The number of carbonyl (C=O) groups excluding carboxylic acids is 1. The molecule has 104 valence electrons. The van der Waals surface area contributed by atoms with Gasteiger partial charge in [-0.3, -0.25) is 0 Å². The van der Waals surface area contributed by atoms with Crippen LogP contribution in [0.2, 0.25) is 0 Å². The van der Waals surface area contributed by atoms with E-state index in [0.29, 0.717) is 11.3 Å². The molecule has 0 aliphatic rings. The first-order chi connectivity index (χ1) is 9.70. The molecule has 2 heteroatoms. The van der Waals surface area contributed by atoms with Crippen LogP contribution in [0.4, 0.5) is 0 Å². The molecule has 0 aromatic heterocycles. The van der Waals surface area contributed by atoms with E-state index in [9.17, 15) is 4.79 Å². The molecule has 0 fully saturated rings. The fraction of sp³-hybridized carbons (Fsp3) is 0.278. The summed E-state index contributed by atoms with van der Waals surface area (Å²) in [7, 11) is 0. The van der Waals surface area contributed by atoms with E-state index >= 15 is 0 Å². The number of aryl methyl sites for hydroxylation is 2. The highest BCUT2D eigenvalue weighted by atomic mass is 16.5. The van der Waals surface area contributed by atoms with Crippen molar-refractivity contribution in [1.82, 2.24) is 0 Å². The fourth-order valence-electron chi connectivity index (χ4n) is 2.02. The summed E-state index contributed by atoms with van der Waals surface area (Å²) in [6, 6.07) is 15.2. The number of esters is 1. The van der Waals surface area contributed by atoms with E-state index in [2.05, 4.69) is 6.92 Å². The van der Waals surface area contributed by atoms with Crippen LogP contribution in [0, 0.1) is 6.92 Å². The molecule has 0 spiro atoms. The number of ether oxygens (including phenoxy) is 1. The summed E-state index contributed by atoms with van der Waals surface area (Å²) in [5.74, 6) is 0.314. The summed E-state index contributed by atoms with van der Waals surface area (Å²) in [5, 5.41) is 0. The molecular weight excluding hydrogens is 248 g/mol. The van der Waals surface area contributed by atoms with Crippen molar-refractivity contribution < 1.29 is 9.53 Å². The molecule has 20 heavy (non-hydrogen) atoms. The van der Waals surface area contributed by atoms with Crippen molar-refractivity contribution in [3.63, 3.8) is 0 Å². The second-order valence-corrected chi connectivity index (χ2v) is 4.96. The molecule has 0 aliphatic heterocycles. The molecule has 0 N–H and O–H groups in total. The summed E-state index contributed by atoms with van der Waals surface area (Å²) in [4.78, 5) is 12.1. The lowest BCUT2D eigenvalue weighted by molar-refractivity contribution is 0.0733. The number of benzene rings is 2. The highest BCUT2D eigenvalue weighted by Gasteiger charge is 2.09. The van der Waals surface area contributed by atoms with Gasteiger partial charge < -0.3 is 4.74 Å². The Morgan fingerprint density at radius 3 is 2.40 bits per heavy atom. The smallest absolute Gasteiger partial charge is 0.343 e. The Kier molecular flexibility index (Phi) is 4.94. The number of rotatable bonds is 5. The highest BCUT2D eigenvalue weighted by Crippen LogP contribution is 2.18. The largest absolute Gasteiger partial charge is 0.423 e. The molecule has 0 aliphatic carbocycles. The summed E-state index contributed by atoms with van der Waals surface area (Å²) in [6.45, 7) is 4.10. The second kappa shape index (κ2) is 6.90. The predicted molar refractivity (Wildman–Crippen MR) is 81.2 cm³/mol. The van der Waals surface area contributed by atoms with Crippen LogP contribution in [0.3, 0.4) is 0 Å². The van der Waals surface area contributed by atoms with Crippen LogP contribution in [0.1, 0.15) is 41.3 Å². The van der Waals surface area contributed by atoms with Crippen LogP contribution < -0.4 is 4.74 Å². The lowest BCUT2D eigenvalue weighted by atomic mass is 10.1. The zero-order valence-corrected chi connectivity index (χ0v) is 12.1. The summed E-state index contributed by atoms with van der Waals surface area (Å²) >= 11 is 0. The van der Waals surface area contributed by atoms with Gasteiger partial charge in [0.1, 0.15) is 5.75 Å². The van der Waals surface area contributed by atoms with Crippen LogP contribution in [-0.2, 0) is 6.42 Å². The maximum Gasteiger partial charge on any atom is 0.343 e. The molecule has 0 saturated heterocycles. The molecule has 2 aromatic carbocycles. The average Bonchev–Trinajstić information content (AvgIpc) is 2.48. The zero-order valence-electron chi connectivity index (χ0n) is 12.1. The van der Waals surface area contributed by atoms with Gasteiger partial charge in [-0.1, -0.05) is 43.7 Å². The van der Waals surface area contributed by atoms with Crippen molar-refractivity contribution in [1.29, 1.82) is 0 Å². The van der Waals surface area contributed by atoms with Crippen molar-refractivity contribution in [2.24, 2.45) is 0 Å². The Bertz CT molecular complexity index is 570. The van der Waals surface area contributed by atoms with E-state index < -0.39 is 0 Å². The minimum Gasteiger partial charge on any atom is -0.423 e. The van der Waals surface area contributed by atoms with Crippen molar-refractivity contribution >= 4 is 5.97 Å². The minimum atomic E-state index is -0.304. The van der Waals surface area contributed by atoms with Gasteiger partial charge >= 0.3 is 5.97 Å². The average molecular weight is 268 g/mol. The zero-order chi connectivity index (χ0) is 14.4. The lowest BCUT2D eigenvalue weighted by Crippen LogP contribution is -2.09. The first kappa shape index (κ1) is 14.3. The van der Waals surface area contributed by atoms with Crippen LogP contribution in [0.5, 0.6) is 5.75 Å². The first-order valence-electron chi connectivity index (χ1n) is 7.07. The Morgan fingerprint density at radius 1 is 1.05 bits per heavy atom. The van der Waals surface area contributed by atoms with E-state index in [-0.39, 0.29) is 5.97 Å². The van der Waals surface area contributed by atoms with Gasteiger partial charge in [-0.2, -0.15) is 0 Å². The Hall–Kier alpha value is -2.09. The molecule has 0 unspecified atom stereocenters. The Balaban J connectivity index is 2.04. The molecule has 0 heterocycles. The van der Waals surface area contributed by atoms with E-state index in [1.807, 2.05) is 55.5 Å². The van der Waals surface area contributed by atoms with Gasteiger partial charge in [0.2, 0.25) is 0 Å². The highest BCUT2D eigenvalue weighted by molar-refractivity contribution is 5.91. The normalized spacial score (nSPS) is 10.3. The van der Waals surface area contributed by atoms with E-state index in [0.717, 1.165) is 12.0 Å². The molecule has 2 nitrogen and oxygen atoms in total. The SMILES string of the molecule is CCCCc1ccc(C(=O)Oc2ccccc2C)cc1. The number of carbonyl (C=O) groups is 1. The second-order valence-electron chi connectivity index (χ2n) is 4.96. The fourth-order valence-corrected chi connectivity index (χ4v) is 2.02. The predicted octanol–water partition coefficient (Wildman–Crippen LogP) is 4.56. The van der Waals surface area contributed by atoms with Crippen LogP contribution in [0.15, 0.2) is 48.5 Å². The number of hydrogen-bond donors (Lipinski definition) is 0. The summed E-state index contributed by atoms with van der Waals surface area (Å²) in [6.07, 6.45) is 3.41. The van der Waals surface area contributed by atoms with Gasteiger partial charge in [-0.25, -0.2) is 4.79 Å². The Labute approximate surface area is 120 Å². The standard InChI is InChI=1S/C18H20O2/c1-3-4-8-15-10-12-16(13-11-15)18(19)20-17-9-6-5-7-14(17)2/h5-7,9-13H,3-4,8H2,1-2H3. The number of hydrogen-bond acceptors (Lipinski definition) is 2. The van der Waals surface area contributed by atoms with Crippen molar-refractivity contribution in [2.45, 2.75) is 33.1 Å². The molecule has 0 amide bonds. The number of para-hydroxylation sites is 1. The summed E-state index contributed by atoms with van der Waals surface area (Å²) in [5.41, 5.74) is 2.81. The topological polar surface area (TPSA) is 26.3 Å². The van der Waals surface area contributed by atoms with Gasteiger partial charge in [-0.05, 0) is 49.1 Å². The third-order valence-electron chi connectivity index (χ3n) is 3.30. The molecule has 2 rings (SSSR count). The van der Waals surface area contributed by atoms with Gasteiger partial charge in [0.05, 0.1) is 5.56 Å². The van der Waals surface area contributed by atoms with Crippen LogP contribution in [-0.4, -0.2) is 5.97 Å². The summed E-state index contributed by atoms with van der Waals surface area (Å²) < 4.78 is 5.41. The first-order valence-corrected chi connectivity index (χ1v) is 7.07. The molecule has 0 radical (unpaired) electrons. The quantitative estimate of drug-likeness (QED) is 0.587. The third kappa shape index (κ3) is 3.70. The molecule has 0 bridgehead atoms. The maximum absolute atomic E-state index is 12.1. The van der Waals surface area contributed by atoms with Gasteiger partial charge in [0, 0.05) is 0 Å². The Morgan fingerprint density at radius 2 is 1.75 bits per heavy atom.